The summed E-state index contributed by atoms with van der Waals surface area (Å²) in [6, 6.07) is -0.0900. The predicted octanol–water partition coefficient (Wildman–Crippen LogP) is 2.60. The first kappa shape index (κ1) is 12.2. The van der Waals surface area contributed by atoms with Crippen molar-refractivity contribution in [2.45, 2.75) is 58.4 Å². The van der Waals surface area contributed by atoms with Crippen LogP contribution in [0.2, 0.25) is 0 Å². The van der Waals surface area contributed by atoms with Gasteiger partial charge in [-0.25, -0.2) is 0 Å². The number of aryl methyl sites for hydroxylation is 1. The second-order valence-electron chi connectivity index (χ2n) is 3.90. The third kappa shape index (κ3) is 4.00. The molecule has 0 bridgehead atoms. The first-order valence-corrected chi connectivity index (χ1v) is 5.86. The van der Waals surface area contributed by atoms with Crippen molar-refractivity contribution in [3.05, 3.63) is 11.7 Å². The zero-order valence-corrected chi connectivity index (χ0v) is 9.70. The van der Waals surface area contributed by atoms with Crippen LogP contribution in [0.25, 0.3) is 0 Å². The summed E-state index contributed by atoms with van der Waals surface area (Å²) in [6.07, 6.45) is 6.31. The zero-order chi connectivity index (χ0) is 11.1. The van der Waals surface area contributed by atoms with Gasteiger partial charge in [0, 0.05) is 6.42 Å². The number of unbranched alkanes of at least 4 members (excludes halogenated alkanes) is 2. The maximum Gasteiger partial charge on any atom is 0.243 e. The molecule has 0 fully saturated rings. The van der Waals surface area contributed by atoms with Crippen LogP contribution in [-0.4, -0.2) is 10.1 Å². The van der Waals surface area contributed by atoms with E-state index in [1.807, 2.05) is 0 Å². The smallest absolute Gasteiger partial charge is 0.243 e. The van der Waals surface area contributed by atoms with Gasteiger partial charge < -0.3 is 10.3 Å². The molecule has 0 saturated heterocycles. The Bertz CT molecular complexity index is 273. The molecule has 1 rings (SSSR count). The Labute approximate surface area is 91.2 Å². The summed E-state index contributed by atoms with van der Waals surface area (Å²) in [4.78, 5) is 4.30. The Kier molecular flexibility index (Phi) is 5.32. The fraction of sp³-hybridized carbons (Fsp3) is 0.818. The highest BCUT2D eigenvalue weighted by Gasteiger charge is 2.13. The van der Waals surface area contributed by atoms with Gasteiger partial charge in [0.2, 0.25) is 5.89 Å². The van der Waals surface area contributed by atoms with Crippen LogP contribution in [0.4, 0.5) is 0 Å². The Balaban J connectivity index is 2.43. The van der Waals surface area contributed by atoms with Gasteiger partial charge in [0.25, 0.3) is 0 Å². The summed E-state index contributed by atoms with van der Waals surface area (Å²) in [5.41, 5.74) is 5.93. The minimum absolute atomic E-state index is 0.0900. The van der Waals surface area contributed by atoms with Crippen molar-refractivity contribution < 1.29 is 4.52 Å². The zero-order valence-electron chi connectivity index (χ0n) is 9.70. The van der Waals surface area contributed by atoms with E-state index < -0.39 is 0 Å². The predicted molar refractivity (Wildman–Crippen MR) is 59.4 cm³/mol. The van der Waals surface area contributed by atoms with Crippen LogP contribution in [0, 0.1) is 0 Å². The van der Waals surface area contributed by atoms with Gasteiger partial charge in [-0.15, -0.1) is 0 Å². The van der Waals surface area contributed by atoms with E-state index in [0.717, 1.165) is 44.3 Å². The molecule has 0 aliphatic heterocycles. The van der Waals surface area contributed by atoms with Crippen molar-refractivity contribution in [2.24, 2.45) is 5.73 Å². The largest absolute Gasteiger partial charge is 0.338 e. The Hall–Kier alpha value is -0.900. The van der Waals surface area contributed by atoms with Gasteiger partial charge in [0.15, 0.2) is 5.82 Å². The van der Waals surface area contributed by atoms with E-state index in [-0.39, 0.29) is 6.04 Å². The Morgan fingerprint density at radius 2 is 2.00 bits per heavy atom. The molecule has 0 spiro atoms. The topological polar surface area (TPSA) is 64.9 Å². The number of hydrogen-bond acceptors (Lipinski definition) is 4. The summed E-state index contributed by atoms with van der Waals surface area (Å²) in [5.74, 6) is 1.38. The van der Waals surface area contributed by atoms with Crippen LogP contribution in [0.5, 0.6) is 0 Å². The molecule has 86 valence electrons. The minimum Gasteiger partial charge on any atom is -0.338 e. The third-order valence-corrected chi connectivity index (χ3v) is 2.42. The fourth-order valence-corrected chi connectivity index (χ4v) is 1.40. The Morgan fingerprint density at radius 3 is 2.67 bits per heavy atom. The van der Waals surface area contributed by atoms with Crippen molar-refractivity contribution in [2.75, 3.05) is 0 Å². The third-order valence-electron chi connectivity index (χ3n) is 2.42. The molecule has 2 N–H and O–H groups in total. The van der Waals surface area contributed by atoms with Crippen LogP contribution < -0.4 is 5.73 Å². The van der Waals surface area contributed by atoms with Gasteiger partial charge in [-0.2, -0.15) is 4.98 Å². The number of hydrogen-bond donors (Lipinski definition) is 1. The highest BCUT2D eigenvalue weighted by molar-refractivity contribution is 4.91. The lowest BCUT2D eigenvalue weighted by Crippen LogP contribution is -2.10. The summed E-state index contributed by atoms with van der Waals surface area (Å²) in [7, 11) is 0. The molecule has 0 aliphatic carbocycles. The summed E-state index contributed by atoms with van der Waals surface area (Å²) in [6.45, 7) is 4.29. The van der Waals surface area contributed by atoms with Crippen molar-refractivity contribution in [1.82, 2.24) is 10.1 Å². The average Bonchev–Trinajstić information content (AvgIpc) is 2.71. The molecular weight excluding hydrogens is 190 g/mol. The molecule has 0 aromatic carbocycles. The molecule has 1 atom stereocenters. The van der Waals surface area contributed by atoms with Crippen LogP contribution in [0.1, 0.15) is 63.7 Å². The second kappa shape index (κ2) is 6.56. The minimum atomic E-state index is -0.0900. The molecule has 0 amide bonds. The van der Waals surface area contributed by atoms with Gasteiger partial charge in [0.05, 0.1) is 6.04 Å². The molecule has 1 heterocycles. The lowest BCUT2D eigenvalue weighted by molar-refractivity contribution is 0.342. The van der Waals surface area contributed by atoms with Crippen molar-refractivity contribution in [1.29, 1.82) is 0 Å². The van der Waals surface area contributed by atoms with E-state index in [9.17, 15) is 0 Å². The molecule has 0 aliphatic rings. The average molecular weight is 211 g/mol. The van der Waals surface area contributed by atoms with Crippen molar-refractivity contribution in [3.8, 4) is 0 Å². The van der Waals surface area contributed by atoms with E-state index >= 15 is 0 Å². The van der Waals surface area contributed by atoms with Gasteiger partial charge in [-0.05, 0) is 12.8 Å². The number of aromatic nitrogens is 2. The van der Waals surface area contributed by atoms with Crippen LogP contribution in [0.3, 0.4) is 0 Å². The van der Waals surface area contributed by atoms with E-state index in [4.69, 9.17) is 10.3 Å². The molecule has 0 saturated carbocycles. The van der Waals surface area contributed by atoms with E-state index in [0.29, 0.717) is 5.89 Å². The van der Waals surface area contributed by atoms with Gasteiger partial charge >= 0.3 is 0 Å². The van der Waals surface area contributed by atoms with Gasteiger partial charge in [-0.1, -0.05) is 38.3 Å². The molecular formula is C11H21N3O. The molecule has 1 aromatic rings. The number of rotatable bonds is 7. The maximum atomic E-state index is 5.93. The molecule has 0 radical (unpaired) electrons. The summed E-state index contributed by atoms with van der Waals surface area (Å²) >= 11 is 0. The first-order valence-electron chi connectivity index (χ1n) is 5.86. The van der Waals surface area contributed by atoms with Crippen LogP contribution >= 0.6 is 0 Å². The van der Waals surface area contributed by atoms with Crippen molar-refractivity contribution in [3.63, 3.8) is 0 Å². The Morgan fingerprint density at radius 1 is 1.27 bits per heavy atom. The highest BCUT2D eigenvalue weighted by atomic mass is 16.5. The second-order valence-corrected chi connectivity index (χ2v) is 3.90. The lowest BCUT2D eigenvalue weighted by Gasteiger charge is -2.03. The standard InChI is InChI=1S/C11H21N3O/c1-3-5-7-9(12)11-13-10(14-15-11)8-6-4-2/h9H,3-8,12H2,1-2H3/t9-/m0/s1. The monoisotopic (exact) mass is 211 g/mol. The molecule has 15 heavy (non-hydrogen) atoms. The molecule has 1 aromatic heterocycles. The molecule has 4 heteroatoms. The molecule has 0 unspecified atom stereocenters. The van der Waals surface area contributed by atoms with Gasteiger partial charge in [-0.3, -0.25) is 0 Å². The first-order chi connectivity index (χ1) is 7.27. The number of nitrogens with zero attached hydrogens (tertiary/aromatic N) is 2. The normalized spacial score (nSPS) is 13.0. The van der Waals surface area contributed by atoms with Gasteiger partial charge in [0.1, 0.15) is 0 Å². The number of nitrogens with two attached hydrogens (primary N) is 1. The fourth-order valence-electron chi connectivity index (χ4n) is 1.40. The van der Waals surface area contributed by atoms with Crippen molar-refractivity contribution >= 4 is 0 Å². The van der Waals surface area contributed by atoms with E-state index in [2.05, 4.69) is 24.0 Å². The summed E-state index contributed by atoms with van der Waals surface area (Å²) < 4.78 is 5.13. The van der Waals surface area contributed by atoms with Crippen LogP contribution in [-0.2, 0) is 6.42 Å². The highest BCUT2D eigenvalue weighted by Crippen LogP contribution is 2.15. The van der Waals surface area contributed by atoms with E-state index in [1.54, 1.807) is 0 Å². The maximum absolute atomic E-state index is 5.93. The molecule has 4 nitrogen and oxygen atoms in total. The van der Waals surface area contributed by atoms with E-state index in [1.165, 1.54) is 0 Å². The quantitative estimate of drug-likeness (QED) is 0.753. The SMILES string of the molecule is CCCCc1noc([C@@H](N)CCCC)n1. The summed E-state index contributed by atoms with van der Waals surface area (Å²) in [5, 5.41) is 3.92. The van der Waals surface area contributed by atoms with Crippen LogP contribution in [0.15, 0.2) is 4.52 Å². The lowest BCUT2D eigenvalue weighted by atomic mass is 10.1.